The van der Waals surface area contributed by atoms with Crippen LogP contribution in [0.15, 0.2) is 12.7 Å². The Morgan fingerprint density at radius 3 is 2.69 bits per heavy atom. The van der Waals surface area contributed by atoms with Gasteiger partial charge in [-0.05, 0) is 0 Å². The highest BCUT2D eigenvalue weighted by Gasteiger charge is 2.59. The maximum absolute atomic E-state index is 12.9. The van der Waals surface area contributed by atoms with Gasteiger partial charge in [0, 0.05) is 6.08 Å². The van der Waals surface area contributed by atoms with Gasteiger partial charge in [0.1, 0.15) is 0 Å². The van der Waals surface area contributed by atoms with Gasteiger partial charge < -0.3 is 9.47 Å². The molecule has 0 bridgehead atoms. The topological polar surface area (TPSA) is 35.5 Å². The first kappa shape index (κ1) is 10.0. The highest BCUT2D eigenvalue weighted by atomic mass is 19.2. The van der Waals surface area contributed by atoms with Crippen LogP contribution in [0.1, 0.15) is 0 Å². The third-order valence-corrected chi connectivity index (χ3v) is 1.53. The zero-order valence-corrected chi connectivity index (χ0v) is 6.50. The lowest BCUT2D eigenvalue weighted by molar-refractivity contribution is -0.374. The molecule has 1 aliphatic heterocycles. The van der Waals surface area contributed by atoms with Gasteiger partial charge in [0.15, 0.2) is 6.61 Å². The fourth-order valence-corrected chi connectivity index (χ4v) is 0.777. The van der Waals surface area contributed by atoms with Crippen molar-refractivity contribution in [1.29, 1.82) is 0 Å². The Kier molecular flexibility index (Phi) is 2.60. The number of halogens is 3. The van der Waals surface area contributed by atoms with Gasteiger partial charge in [-0.25, -0.2) is 18.0 Å². The Morgan fingerprint density at radius 2 is 2.31 bits per heavy atom. The molecule has 0 radical (unpaired) electrons. The zero-order valence-electron chi connectivity index (χ0n) is 6.50. The molecule has 0 aromatic rings. The van der Waals surface area contributed by atoms with Crippen LogP contribution in [-0.4, -0.2) is 31.0 Å². The highest BCUT2D eigenvalue weighted by molar-refractivity contribution is 5.81. The molecule has 1 heterocycles. The van der Waals surface area contributed by atoms with Crippen molar-refractivity contribution in [2.24, 2.45) is 0 Å². The van der Waals surface area contributed by atoms with E-state index in [0.717, 1.165) is 6.08 Å². The van der Waals surface area contributed by atoms with E-state index in [0.29, 0.717) is 0 Å². The largest absolute Gasteiger partial charge is 0.456 e. The lowest BCUT2D eigenvalue weighted by Gasteiger charge is -2.39. The van der Waals surface area contributed by atoms with Crippen LogP contribution in [0.5, 0.6) is 0 Å². The molecular formula is C7H7F3O3. The van der Waals surface area contributed by atoms with Crippen molar-refractivity contribution in [3.63, 3.8) is 0 Å². The molecule has 0 amide bonds. The fraction of sp³-hybridized carbons (Fsp3) is 0.571. The van der Waals surface area contributed by atoms with Gasteiger partial charge in [-0.1, -0.05) is 6.58 Å². The van der Waals surface area contributed by atoms with Crippen molar-refractivity contribution in [3.8, 4) is 0 Å². The molecule has 0 aliphatic carbocycles. The first-order valence-electron chi connectivity index (χ1n) is 3.43. The van der Waals surface area contributed by atoms with Crippen LogP contribution in [0.2, 0.25) is 0 Å². The second-order valence-electron chi connectivity index (χ2n) is 2.47. The maximum atomic E-state index is 12.9. The quantitative estimate of drug-likeness (QED) is 0.499. The monoisotopic (exact) mass is 196 g/mol. The summed E-state index contributed by atoms with van der Waals surface area (Å²) < 4.78 is 45.3. The van der Waals surface area contributed by atoms with Gasteiger partial charge in [0.25, 0.3) is 5.85 Å². The van der Waals surface area contributed by atoms with Crippen LogP contribution in [-0.2, 0) is 14.3 Å². The zero-order chi connectivity index (χ0) is 10.1. The number of hydrogen-bond donors (Lipinski definition) is 0. The van der Waals surface area contributed by atoms with E-state index in [1.807, 2.05) is 0 Å². The number of alkyl halides is 3. The van der Waals surface area contributed by atoms with Crippen molar-refractivity contribution in [3.05, 3.63) is 12.7 Å². The molecule has 6 heteroatoms. The van der Waals surface area contributed by atoms with Crippen LogP contribution in [0.3, 0.4) is 0 Å². The van der Waals surface area contributed by atoms with Crippen molar-refractivity contribution in [2.45, 2.75) is 18.4 Å². The Hall–Kier alpha value is -1.04. The molecule has 13 heavy (non-hydrogen) atoms. The normalized spacial score (nSPS) is 37.8. The third-order valence-electron chi connectivity index (χ3n) is 1.53. The van der Waals surface area contributed by atoms with Gasteiger partial charge in [0.2, 0.25) is 12.5 Å². The van der Waals surface area contributed by atoms with E-state index in [4.69, 9.17) is 0 Å². The Morgan fingerprint density at radius 1 is 1.69 bits per heavy atom. The predicted octanol–water partition coefficient (Wildman–Crippen LogP) is 1.05. The van der Waals surface area contributed by atoms with Crippen LogP contribution < -0.4 is 0 Å². The molecule has 3 unspecified atom stereocenters. The van der Waals surface area contributed by atoms with Gasteiger partial charge in [-0.2, -0.15) is 0 Å². The van der Waals surface area contributed by atoms with Crippen LogP contribution in [0.25, 0.3) is 0 Å². The molecule has 0 N–H and O–H groups in total. The van der Waals surface area contributed by atoms with E-state index < -0.39 is 31.0 Å². The van der Waals surface area contributed by atoms with E-state index >= 15 is 0 Å². The molecule has 1 saturated heterocycles. The average Bonchev–Trinajstić information content (AvgIpc) is 2.13. The minimum Gasteiger partial charge on any atom is -0.456 e. The standard InChI is InChI=1S/C7H7F3O3/c1-2-4(11)12-3-7(10)5(8)6(9)13-7/h2,5-6H,1,3H2. The van der Waals surface area contributed by atoms with Crippen molar-refractivity contribution < 1.29 is 27.4 Å². The average molecular weight is 196 g/mol. The lowest BCUT2D eigenvalue weighted by atomic mass is 10.1. The van der Waals surface area contributed by atoms with Crippen molar-refractivity contribution >= 4 is 5.97 Å². The number of carbonyl (C=O) groups is 1. The molecule has 0 saturated carbocycles. The number of esters is 1. The molecule has 0 aromatic carbocycles. The van der Waals surface area contributed by atoms with E-state index in [2.05, 4.69) is 16.1 Å². The van der Waals surface area contributed by atoms with Crippen molar-refractivity contribution in [2.75, 3.05) is 6.61 Å². The summed E-state index contributed by atoms with van der Waals surface area (Å²) in [5, 5.41) is 0. The Bertz CT molecular complexity index is 233. The van der Waals surface area contributed by atoms with E-state index in [1.54, 1.807) is 0 Å². The molecular weight excluding hydrogens is 189 g/mol. The lowest BCUT2D eigenvalue weighted by Crippen LogP contribution is -2.60. The number of carbonyl (C=O) groups excluding carboxylic acids is 1. The molecule has 3 atom stereocenters. The minimum absolute atomic E-state index is 0.780. The molecule has 1 rings (SSSR count). The van der Waals surface area contributed by atoms with Gasteiger partial charge in [0.05, 0.1) is 0 Å². The summed E-state index contributed by atoms with van der Waals surface area (Å²) in [4.78, 5) is 10.4. The van der Waals surface area contributed by atoms with Crippen LogP contribution in [0, 0.1) is 0 Å². The summed E-state index contributed by atoms with van der Waals surface area (Å²) in [6, 6.07) is 0. The predicted molar refractivity (Wildman–Crippen MR) is 35.9 cm³/mol. The van der Waals surface area contributed by atoms with Crippen LogP contribution >= 0.6 is 0 Å². The number of hydrogen-bond acceptors (Lipinski definition) is 3. The second kappa shape index (κ2) is 3.37. The molecule has 0 spiro atoms. The van der Waals surface area contributed by atoms with E-state index in [1.165, 1.54) is 0 Å². The first-order valence-corrected chi connectivity index (χ1v) is 3.43. The fourth-order valence-electron chi connectivity index (χ4n) is 0.777. The summed E-state index contributed by atoms with van der Waals surface area (Å²) in [5.74, 6) is -3.77. The molecule has 1 aliphatic rings. The second-order valence-corrected chi connectivity index (χ2v) is 2.47. The maximum Gasteiger partial charge on any atom is 0.330 e. The highest BCUT2D eigenvalue weighted by Crippen LogP contribution is 2.38. The minimum atomic E-state index is -2.85. The Labute approximate surface area is 72.1 Å². The summed E-state index contributed by atoms with van der Waals surface area (Å²) in [5.41, 5.74) is 0. The summed E-state index contributed by atoms with van der Waals surface area (Å²) in [7, 11) is 0. The number of rotatable bonds is 3. The summed E-state index contributed by atoms with van der Waals surface area (Å²) in [6.45, 7) is 2.06. The van der Waals surface area contributed by atoms with Crippen molar-refractivity contribution in [1.82, 2.24) is 0 Å². The van der Waals surface area contributed by atoms with E-state index in [-0.39, 0.29) is 0 Å². The first-order chi connectivity index (χ1) is 5.99. The molecule has 0 aromatic heterocycles. The molecule has 74 valence electrons. The van der Waals surface area contributed by atoms with E-state index in [9.17, 15) is 18.0 Å². The molecule has 3 nitrogen and oxygen atoms in total. The smallest absolute Gasteiger partial charge is 0.330 e. The summed E-state index contributed by atoms with van der Waals surface area (Å²) >= 11 is 0. The summed E-state index contributed by atoms with van der Waals surface area (Å²) in [6.07, 6.45) is -3.92. The SMILES string of the molecule is C=CC(=O)OCC1(F)OC(F)C1F. The van der Waals surface area contributed by atoms with Gasteiger partial charge >= 0.3 is 5.97 Å². The third kappa shape index (κ3) is 1.82. The van der Waals surface area contributed by atoms with Crippen LogP contribution in [0.4, 0.5) is 13.2 Å². The Balaban J connectivity index is 2.37. The van der Waals surface area contributed by atoms with Gasteiger partial charge in [-0.15, -0.1) is 0 Å². The van der Waals surface area contributed by atoms with Gasteiger partial charge in [-0.3, -0.25) is 0 Å². The molecule has 1 fully saturated rings. The number of ether oxygens (including phenoxy) is 2.